The van der Waals surface area contributed by atoms with Gasteiger partial charge in [-0.3, -0.25) is 0 Å². The Kier molecular flexibility index (Phi) is 3.64. The fourth-order valence-electron chi connectivity index (χ4n) is 2.10. The number of hydrogen-bond acceptors (Lipinski definition) is 4. The monoisotopic (exact) mass is 261 g/mol. The zero-order valence-corrected chi connectivity index (χ0v) is 11.7. The summed E-state index contributed by atoms with van der Waals surface area (Å²) in [7, 11) is 3.50. The van der Waals surface area contributed by atoms with Crippen molar-refractivity contribution in [2.24, 2.45) is 7.05 Å². The maximum absolute atomic E-state index is 9.50. The molecule has 5 nitrogen and oxygen atoms in total. The number of ether oxygens (including phenoxy) is 1. The lowest BCUT2D eigenvalue weighted by Crippen LogP contribution is -2.03. The number of anilines is 1. The Morgan fingerprint density at radius 2 is 2.11 bits per heavy atom. The molecule has 0 radical (unpaired) electrons. The summed E-state index contributed by atoms with van der Waals surface area (Å²) in [5.74, 6) is 1.07. The molecule has 5 heteroatoms. The molecule has 2 N–H and O–H groups in total. The molecule has 1 aromatic carbocycles. The number of aromatic nitrogens is 2. The third kappa shape index (κ3) is 2.65. The average molecular weight is 261 g/mol. The minimum absolute atomic E-state index is 0.306. The first kappa shape index (κ1) is 13.3. The number of methoxy groups -OCH3 is 1. The summed E-state index contributed by atoms with van der Waals surface area (Å²) in [6, 6.07) is 5.44. The zero-order valence-electron chi connectivity index (χ0n) is 11.7. The van der Waals surface area contributed by atoms with Gasteiger partial charge in [0.1, 0.15) is 5.75 Å². The highest BCUT2D eigenvalue weighted by molar-refractivity contribution is 5.51. The highest BCUT2D eigenvalue weighted by Crippen LogP contribution is 2.24. The summed E-state index contributed by atoms with van der Waals surface area (Å²) in [6.07, 6.45) is 0. The highest BCUT2D eigenvalue weighted by Gasteiger charge is 2.13. The molecule has 0 saturated carbocycles. The second kappa shape index (κ2) is 5.22. The topological polar surface area (TPSA) is 59.3 Å². The Morgan fingerprint density at radius 1 is 1.37 bits per heavy atom. The largest absolute Gasteiger partial charge is 0.508 e. The molecule has 0 atom stereocenters. The Morgan fingerprint density at radius 3 is 2.74 bits per heavy atom. The molecule has 2 rings (SSSR count). The molecule has 0 spiro atoms. The second-order valence-corrected chi connectivity index (χ2v) is 4.55. The summed E-state index contributed by atoms with van der Waals surface area (Å²) < 4.78 is 7.08. The van der Waals surface area contributed by atoms with Gasteiger partial charge in [0.15, 0.2) is 0 Å². The van der Waals surface area contributed by atoms with Gasteiger partial charge in [-0.05, 0) is 37.6 Å². The summed E-state index contributed by atoms with van der Waals surface area (Å²) >= 11 is 0. The zero-order chi connectivity index (χ0) is 14.0. The van der Waals surface area contributed by atoms with E-state index in [0.29, 0.717) is 12.3 Å². The number of nitrogens with zero attached hydrogens (tertiary/aromatic N) is 2. The van der Waals surface area contributed by atoms with Gasteiger partial charge in [0.25, 0.3) is 0 Å². The van der Waals surface area contributed by atoms with Crippen LogP contribution in [0.25, 0.3) is 0 Å². The molecular formula is C14H19N3O2. The molecular weight excluding hydrogens is 242 g/mol. The van der Waals surface area contributed by atoms with Crippen molar-refractivity contribution >= 4 is 5.69 Å². The van der Waals surface area contributed by atoms with E-state index in [4.69, 9.17) is 4.74 Å². The molecule has 19 heavy (non-hydrogen) atoms. The van der Waals surface area contributed by atoms with Gasteiger partial charge >= 0.3 is 0 Å². The van der Waals surface area contributed by atoms with Gasteiger partial charge < -0.3 is 15.2 Å². The fourth-order valence-corrected chi connectivity index (χ4v) is 2.10. The molecule has 0 aliphatic rings. The fraction of sp³-hybridized carbons (Fsp3) is 0.357. The molecule has 2 aromatic rings. The van der Waals surface area contributed by atoms with Crippen LogP contribution in [0, 0.1) is 13.8 Å². The lowest BCUT2D eigenvalue weighted by molar-refractivity contribution is 0.370. The molecule has 0 aliphatic heterocycles. The Bertz CT molecular complexity index is 591. The van der Waals surface area contributed by atoms with Crippen molar-refractivity contribution in [3.05, 3.63) is 35.0 Å². The van der Waals surface area contributed by atoms with Crippen LogP contribution < -0.4 is 10.1 Å². The summed E-state index contributed by atoms with van der Waals surface area (Å²) in [6.45, 7) is 4.46. The van der Waals surface area contributed by atoms with Crippen molar-refractivity contribution < 1.29 is 9.84 Å². The first-order valence-electron chi connectivity index (χ1n) is 6.13. The molecule has 0 aliphatic carbocycles. The Balaban J connectivity index is 2.16. The van der Waals surface area contributed by atoms with Crippen LogP contribution in [0.2, 0.25) is 0 Å². The first-order chi connectivity index (χ1) is 9.02. The van der Waals surface area contributed by atoms with E-state index in [1.165, 1.54) is 0 Å². The van der Waals surface area contributed by atoms with E-state index >= 15 is 0 Å². The van der Waals surface area contributed by atoms with Crippen LogP contribution in [0.3, 0.4) is 0 Å². The molecule has 1 heterocycles. The molecule has 0 amide bonds. The number of nitrogens with one attached hydrogen (secondary N) is 1. The van der Waals surface area contributed by atoms with E-state index in [9.17, 15) is 5.11 Å². The van der Waals surface area contributed by atoms with Gasteiger partial charge in [-0.15, -0.1) is 0 Å². The van der Waals surface area contributed by atoms with Crippen molar-refractivity contribution in [3.63, 3.8) is 0 Å². The summed E-state index contributed by atoms with van der Waals surface area (Å²) in [4.78, 5) is 0. The number of hydrogen-bond donors (Lipinski definition) is 2. The highest BCUT2D eigenvalue weighted by atomic mass is 16.5. The van der Waals surface area contributed by atoms with Crippen LogP contribution in [0.1, 0.15) is 16.8 Å². The van der Waals surface area contributed by atoms with Crippen molar-refractivity contribution in [1.29, 1.82) is 0 Å². The quantitative estimate of drug-likeness (QED) is 0.829. The van der Waals surface area contributed by atoms with E-state index in [1.54, 1.807) is 17.9 Å². The van der Waals surface area contributed by atoms with E-state index in [2.05, 4.69) is 10.4 Å². The predicted octanol–water partition coefficient (Wildman–Crippen LogP) is 2.36. The second-order valence-electron chi connectivity index (χ2n) is 4.55. The molecule has 0 saturated heterocycles. The van der Waals surface area contributed by atoms with Crippen LogP contribution in [-0.4, -0.2) is 22.0 Å². The van der Waals surface area contributed by atoms with Gasteiger partial charge in [0, 0.05) is 19.3 Å². The van der Waals surface area contributed by atoms with Crippen LogP contribution >= 0.6 is 0 Å². The average Bonchev–Trinajstić information content (AvgIpc) is 2.64. The number of phenols is 1. The van der Waals surface area contributed by atoms with Crippen molar-refractivity contribution in [3.8, 4) is 11.6 Å². The van der Waals surface area contributed by atoms with Crippen LogP contribution in [0.5, 0.6) is 11.6 Å². The van der Waals surface area contributed by atoms with Gasteiger partial charge in [0.2, 0.25) is 5.88 Å². The molecule has 0 unspecified atom stereocenters. The number of rotatable bonds is 4. The number of phenolic OH excluding ortho intramolecular Hbond substituents is 1. The van der Waals surface area contributed by atoms with Crippen LogP contribution in [0.15, 0.2) is 18.2 Å². The van der Waals surface area contributed by atoms with E-state index in [0.717, 1.165) is 28.4 Å². The smallest absolute Gasteiger partial charge is 0.216 e. The van der Waals surface area contributed by atoms with Crippen molar-refractivity contribution in [2.75, 3.05) is 12.4 Å². The summed E-state index contributed by atoms with van der Waals surface area (Å²) in [5.41, 5.74) is 3.79. The third-order valence-corrected chi connectivity index (χ3v) is 3.15. The van der Waals surface area contributed by atoms with Gasteiger partial charge in [-0.2, -0.15) is 5.10 Å². The lowest BCUT2D eigenvalue weighted by Gasteiger charge is -2.09. The Labute approximate surface area is 112 Å². The minimum Gasteiger partial charge on any atom is -0.508 e. The molecule has 1 aromatic heterocycles. The molecule has 0 bridgehead atoms. The molecule has 0 fully saturated rings. The van der Waals surface area contributed by atoms with Gasteiger partial charge in [-0.1, -0.05) is 0 Å². The van der Waals surface area contributed by atoms with Crippen LogP contribution in [-0.2, 0) is 13.6 Å². The maximum Gasteiger partial charge on any atom is 0.216 e. The van der Waals surface area contributed by atoms with E-state index in [1.807, 2.05) is 33.0 Å². The minimum atomic E-state index is 0.306. The van der Waals surface area contributed by atoms with Gasteiger partial charge in [0.05, 0.1) is 18.4 Å². The molecule has 102 valence electrons. The standard InChI is InChI=1S/C14H19N3O2/c1-9-7-11(5-6-13(9)18)15-8-12-10(2)16-17(3)14(12)19-4/h5-7,15,18H,8H2,1-4H3. The number of aryl methyl sites for hydroxylation is 3. The van der Waals surface area contributed by atoms with Gasteiger partial charge in [-0.25, -0.2) is 4.68 Å². The first-order valence-corrected chi connectivity index (χ1v) is 6.13. The summed E-state index contributed by atoms with van der Waals surface area (Å²) in [5, 5.41) is 17.1. The number of benzene rings is 1. The normalized spacial score (nSPS) is 10.5. The number of aromatic hydroxyl groups is 1. The SMILES string of the molecule is COc1c(CNc2ccc(O)c(C)c2)c(C)nn1C. The van der Waals surface area contributed by atoms with Crippen LogP contribution in [0.4, 0.5) is 5.69 Å². The maximum atomic E-state index is 9.50. The third-order valence-electron chi connectivity index (χ3n) is 3.15. The van der Waals surface area contributed by atoms with Crippen molar-refractivity contribution in [1.82, 2.24) is 9.78 Å². The Hall–Kier alpha value is -2.17. The van der Waals surface area contributed by atoms with E-state index in [-0.39, 0.29) is 0 Å². The predicted molar refractivity (Wildman–Crippen MR) is 74.7 cm³/mol. The van der Waals surface area contributed by atoms with E-state index < -0.39 is 0 Å². The lowest BCUT2D eigenvalue weighted by atomic mass is 10.2. The van der Waals surface area contributed by atoms with Crippen molar-refractivity contribution in [2.45, 2.75) is 20.4 Å².